The summed E-state index contributed by atoms with van der Waals surface area (Å²) in [7, 11) is 0. The highest BCUT2D eigenvalue weighted by Gasteiger charge is 2.09. The molecule has 0 fully saturated rings. The number of amides is 1. The van der Waals surface area contributed by atoms with Crippen LogP contribution in [0.5, 0.6) is 5.75 Å². The fourth-order valence-electron chi connectivity index (χ4n) is 1.62. The molecule has 0 aromatic heterocycles. The number of carbonyl (C=O) groups excluding carboxylic acids is 1. The Morgan fingerprint density at radius 3 is 2.74 bits per heavy atom. The van der Waals surface area contributed by atoms with E-state index in [0.717, 1.165) is 13.7 Å². The second-order valence-electron chi connectivity index (χ2n) is 3.98. The molecule has 19 heavy (non-hydrogen) atoms. The van der Waals surface area contributed by atoms with Crippen LogP contribution in [0.4, 0.5) is 5.69 Å². The highest BCUT2D eigenvalue weighted by Crippen LogP contribution is 2.25. The van der Waals surface area contributed by atoms with Gasteiger partial charge in [0.25, 0.3) is 0 Å². The summed E-state index contributed by atoms with van der Waals surface area (Å²) in [6.45, 7) is 0. The Kier molecular flexibility index (Phi) is 4.81. The highest BCUT2D eigenvalue weighted by atomic mass is 127. The Morgan fingerprint density at radius 1 is 1.26 bits per heavy atom. The third-order valence-corrected chi connectivity index (χ3v) is 3.91. The maximum atomic E-state index is 12.0. The Hall–Kier alpha value is -1.08. The molecule has 0 aliphatic carbocycles. The third-order valence-electron chi connectivity index (χ3n) is 2.55. The molecule has 0 saturated heterocycles. The van der Waals surface area contributed by atoms with Crippen molar-refractivity contribution in [1.29, 1.82) is 0 Å². The Morgan fingerprint density at radius 2 is 2.00 bits per heavy atom. The first-order valence-corrected chi connectivity index (χ1v) is 7.45. The van der Waals surface area contributed by atoms with Crippen molar-refractivity contribution in [2.45, 2.75) is 6.42 Å². The predicted octanol–water partition coefficient (Wildman–Crippen LogP) is 3.94. The van der Waals surface area contributed by atoms with E-state index in [0.29, 0.717) is 5.56 Å². The van der Waals surface area contributed by atoms with Crippen LogP contribution in [0.1, 0.15) is 5.56 Å². The van der Waals surface area contributed by atoms with Gasteiger partial charge < -0.3 is 10.4 Å². The van der Waals surface area contributed by atoms with E-state index in [-0.39, 0.29) is 18.1 Å². The molecule has 0 aliphatic heterocycles. The second kappa shape index (κ2) is 6.38. The molecule has 2 N–H and O–H groups in total. The van der Waals surface area contributed by atoms with Gasteiger partial charge in [0.15, 0.2) is 0 Å². The molecule has 2 rings (SSSR count). The van der Waals surface area contributed by atoms with Crippen molar-refractivity contribution in [2.24, 2.45) is 0 Å². The number of carbonyl (C=O) groups is 1. The fraction of sp³-hybridized carbons (Fsp3) is 0.0714. The van der Waals surface area contributed by atoms with E-state index in [1.54, 1.807) is 24.3 Å². The summed E-state index contributed by atoms with van der Waals surface area (Å²) in [5, 5.41) is 12.5. The molecule has 0 saturated carbocycles. The van der Waals surface area contributed by atoms with Gasteiger partial charge in [-0.3, -0.25) is 4.79 Å². The van der Waals surface area contributed by atoms with E-state index in [9.17, 15) is 9.90 Å². The predicted molar refractivity (Wildman–Crippen MR) is 87.3 cm³/mol. The molecule has 0 aliphatic rings. The molecule has 2 aromatic rings. The van der Waals surface area contributed by atoms with Crippen molar-refractivity contribution in [1.82, 2.24) is 0 Å². The van der Waals surface area contributed by atoms with Crippen LogP contribution in [0.25, 0.3) is 0 Å². The summed E-state index contributed by atoms with van der Waals surface area (Å²) < 4.78 is 1.87. The topological polar surface area (TPSA) is 49.3 Å². The van der Waals surface area contributed by atoms with Crippen molar-refractivity contribution in [3.8, 4) is 5.75 Å². The van der Waals surface area contributed by atoms with Gasteiger partial charge >= 0.3 is 0 Å². The van der Waals surface area contributed by atoms with E-state index >= 15 is 0 Å². The highest BCUT2D eigenvalue weighted by molar-refractivity contribution is 14.1. The summed E-state index contributed by atoms with van der Waals surface area (Å²) in [6, 6.07) is 12.5. The van der Waals surface area contributed by atoms with Crippen molar-refractivity contribution >= 4 is 50.1 Å². The number of hydrogen-bond donors (Lipinski definition) is 2. The van der Waals surface area contributed by atoms with Gasteiger partial charge in [0.05, 0.1) is 12.1 Å². The molecular weight excluding hydrogens is 421 g/mol. The van der Waals surface area contributed by atoms with E-state index in [2.05, 4.69) is 43.8 Å². The van der Waals surface area contributed by atoms with Gasteiger partial charge in [0.2, 0.25) is 5.91 Å². The van der Waals surface area contributed by atoms with Gasteiger partial charge in [0, 0.05) is 13.6 Å². The molecule has 0 unspecified atom stereocenters. The average Bonchev–Trinajstić information content (AvgIpc) is 2.37. The average molecular weight is 432 g/mol. The monoisotopic (exact) mass is 431 g/mol. The molecule has 0 heterocycles. The summed E-state index contributed by atoms with van der Waals surface area (Å²) >= 11 is 5.58. The van der Waals surface area contributed by atoms with Gasteiger partial charge in [-0.25, -0.2) is 0 Å². The smallest absolute Gasteiger partial charge is 0.228 e. The number of hydrogen-bond acceptors (Lipinski definition) is 2. The van der Waals surface area contributed by atoms with Crippen LogP contribution in [-0.2, 0) is 11.2 Å². The first-order chi connectivity index (χ1) is 9.06. The van der Waals surface area contributed by atoms with E-state index in [1.165, 1.54) is 0 Å². The normalized spacial score (nSPS) is 10.2. The number of phenols is 1. The lowest BCUT2D eigenvalue weighted by Crippen LogP contribution is -2.14. The lowest BCUT2D eigenvalue weighted by atomic mass is 10.1. The second-order valence-corrected chi connectivity index (χ2v) is 6.08. The summed E-state index contributed by atoms with van der Waals surface area (Å²) in [4.78, 5) is 12.0. The fourth-order valence-corrected chi connectivity index (χ4v) is 2.46. The Balaban J connectivity index is 2.10. The van der Waals surface area contributed by atoms with Gasteiger partial charge in [-0.05, 0) is 62.8 Å². The van der Waals surface area contributed by atoms with E-state index in [1.807, 2.05) is 18.2 Å². The zero-order chi connectivity index (χ0) is 13.8. The van der Waals surface area contributed by atoms with Crippen molar-refractivity contribution in [2.75, 3.05) is 5.32 Å². The van der Waals surface area contributed by atoms with Crippen LogP contribution < -0.4 is 5.32 Å². The molecule has 3 nitrogen and oxygen atoms in total. The van der Waals surface area contributed by atoms with Gasteiger partial charge in [-0.15, -0.1) is 0 Å². The number of rotatable bonds is 3. The first-order valence-electron chi connectivity index (χ1n) is 5.58. The lowest BCUT2D eigenvalue weighted by molar-refractivity contribution is -0.115. The molecule has 0 spiro atoms. The zero-order valence-electron chi connectivity index (χ0n) is 9.86. The van der Waals surface area contributed by atoms with Crippen molar-refractivity contribution < 1.29 is 9.90 Å². The maximum Gasteiger partial charge on any atom is 0.228 e. The Bertz CT molecular complexity index is 616. The SMILES string of the molecule is O=C(Cc1ccccc1O)Nc1cc(I)ccc1Br. The molecule has 2 aromatic carbocycles. The van der Waals surface area contributed by atoms with Crippen LogP contribution in [0, 0.1) is 3.57 Å². The standard InChI is InChI=1S/C14H11BrINO2/c15-11-6-5-10(16)8-12(11)17-14(19)7-9-3-1-2-4-13(9)18/h1-6,8,18H,7H2,(H,17,19). The van der Waals surface area contributed by atoms with E-state index in [4.69, 9.17) is 0 Å². The number of para-hydroxylation sites is 1. The quantitative estimate of drug-likeness (QED) is 0.723. The lowest BCUT2D eigenvalue weighted by Gasteiger charge is -2.08. The number of nitrogens with one attached hydrogen (secondary N) is 1. The number of anilines is 1. The van der Waals surface area contributed by atoms with Crippen LogP contribution in [0.2, 0.25) is 0 Å². The molecule has 1 amide bonds. The van der Waals surface area contributed by atoms with Crippen LogP contribution in [0.3, 0.4) is 0 Å². The molecular formula is C14H11BrINO2. The minimum atomic E-state index is -0.163. The van der Waals surface area contributed by atoms with E-state index < -0.39 is 0 Å². The van der Waals surface area contributed by atoms with Crippen molar-refractivity contribution in [3.05, 3.63) is 56.1 Å². The number of benzene rings is 2. The number of aromatic hydroxyl groups is 1. The summed E-state index contributed by atoms with van der Waals surface area (Å²) in [5.74, 6) is -0.0245. The van der Waals surface area contributed by atoms with Gasteiger partial charge in [-0.1, -0.05) is 18.2 Å². The van der Waals surface area contributed by atoms with Gasteiger partial charge in [0.1, 0.15) is 5.75 Å². The minimum Gasteiger partial charge on any atom is -0.508 e. The third kappa shape index (κ3) is 3.94. The summed E-state index contributed by atoms with van der Waals surface area (Å²) in [5.41, 5.74) is 1.34. The van der Waals surface area contributed by atoms with Crippen LogP contribution in [-0.4, -0.2) is 11.0 Å². The van der Waals surface area contributed by atoms with Crippen LogP contribution >= 0.6 is 38.5 Å². The molecule has 0 bridgehead atoms. The summed E-state index contributed by atoms with van der Waals surface area (Å²) in [6.07, 6.45) is 0.143. The number of phenolic OH excluding ortho intramolecular Hbond substituents is 1. The number of halogens is 2. The molecule has 5 heteroatoms. The molecule has 0 radical (unpaired) electrons. The maximum absolute atomic E-state index is 12.0. The van der Waals surface area contributed by atoms with Gasteiger partial charge in [-0.2, -0.15) is 0 Å². The van der Waals surface area contributed by atoms with Crippen molar-refractivity contribution in [3.63, 3.8) is 0 Å². The molecule has 0 atom stereocenters. The van der Waals surface area contributed by atoms with Crippen LogP contribution in [0.15, 0.2) is 46.9 Å². The first kappa shape index (κ1) is 14.3. The minimum absolute atomic E-state index is 0.138. The molecule has 98 valence electrons. The Labute approximate surface area is 133 Å². The zero-order valence-corrected chi connectivity index (χ0v) is 13.6. The largest absolute Gasteiger partial charge is 0.508 e.